The molecule has 22 aromatic carbocycles. The maximum absolute atomic E-state index is 5.20. The molecule has 0 spiro atoms. The van der Waals surface area contributed by atoms with E-state index in [1.54, 1.807) is 0 Å². The molecule has 0 saturated carbocycles. The van der Waals surface area contributed by atoms with E-state index < -0.39 is 0 Å². The van der Waals surface area contributed by atoms with Crippen molar-refractivity contribution in [2.75, 3.05) is 0 Å². The molecule has 19 heterocycles. The lowest BCUT2D eigenvalue weighted by molar-refractivity contribution is 1.44. The summed E-state index contributed by atoms with van der Waals surface area (Å²) in [6.07, 6.45) is 6.06. The Kier molecular flexibility index (Phi) is 13.4. The fraction of sp³-hybridized carbons (Fsp3) is 0. The summed E-state index contributed by atoms with van der Waals surface area (Å²) in [6.45, 7) is 0. The van der Waals surface area contributed by atoms with E-state index in [-0.39, 0.29) is 0 Å². The van der Waals surface area contributed by atoms with Crippen molar-refractivity contribution in [2.24, 2.45) is 0 Å². The van der Waals surface area contributed by atoms with Gasteiger partial charge in [0, 0.05) is 64.3 Å². The zero-order chi connectivity index (χ0) is 58.1. The summed E-state index contributed by atoms with van der Waals surface area (Å²) in [4.78, 5) is 15.6. The fourth-order valence-electron chi connectivity index (χ4n) is 12.9. The van der Waals surface area contributed by atoms with Gasteiger partial charge >= 0.3 is 0 Å². The third kappa shape index (κ3) is 9.62. The first-order chi connectivity index (χ1) is 42.8. The molecule has 41 rings (SSSR count). The molecule has 87 heavy (non-hydrogen) atoms. The van der Waals surface area contributed by atoms with Gasteiger partial charge in [0.15, 0.2) is 0 Å². The topological polar surface area (TPSA) is 38.7 Å². The number of pyridine rings is 3. The Labute approximate surface area is 525 Å². The van der Waals surface area contributed by atoms with Gasteiger partial charge < -0.3 is 0 Å². The maximum Gasteiger partial charge on any atom is 0.0702 e. The average molecular weight is 1300 g/mol. The second-order valence-corrected chi connectivity index (χ2v) is 24.8. The molecule has 0 saturated heterocycles. The summed E-state index contributed by atoms with van der Waals surface area (Å²) in [6, 6.07) is 99.5. The number of nitrogens with zero attached hydrogens (tertiary/aromatic N) is 3. The molecular formula is C81H48Br3N3. The maximum atomic E-state index is 5.20. The van der Waals surface area contributed by atoms with Crippen LogP contribution in [0, 0.1) is 0 Å². The lowest BCUT2D eigenvalue weighted by Gasteiger charge is -2.08. The highest BCUT2D eigenvalue weighted by Gasteiger charge is 2.11. The van der Waals surface area contributed by atoms with Crippen molar-refractivity contribution in [3.05, 3.63) is 305 Å². The van der Waals surface area contributed by atoms with E-state index in [1.165, 1.54) is 0 Å². The van der Waals surface area contributed by atoms with Crippen LogP contribution in [0.1, 0.15) is 0 Å². The molecule has 0 fully saturated rings. The van der Waals surface area contributed by atoms with E-state index in [2.05, 4.69) is 321 Å². The minimum absolute atomic E-state index is 0.885. The van der Waals surface area contributed by atoms with Crippen molar-refractivity contribution in [3.63, 3.8) is 0 Å². The van der Waals surface area contributed by atoms with Crippen LogP contribution in [0.3, 0.4) is 0 Å². The first-order valence-electron chi connectivity index (χ1n) is 29.0. The van der Waals surface area contributed by atoms with Gasteiger partial charge in [-0.1, -0.05) is 248 Å². The molecular weight excluding hydrogens is 1250 g/mol. The molecule has 408 valence electrons. The Morgan fingerprint density at radius 3 is 0.563 bits per heavy atom. The molecule has 19 aromatic heterocycles. The number of rotatable bonds is 0. The monoisotopic (exact) mass is 1300 g/mol. The number of aromatic nitrogens is 3. The van der Waals surface area contributed by atoms with Gasteiger partial charge in [0.05, 0.1) is 16.6 Å². The van der Waals surface area contributed by atoms with Crippen LogP contribution in [0.15, 0.2) is 305 Å². The Hall–Kier alpha value is -9.69. The largest absolute Gasteiger partial charge is 0.256 e. The summed E-state index contributed by atoms with van der Waals surface area (Å²) in [5, 5.41) is 29.2. The van der Waals surface area contributed by atoms with Gasteiger partial charge in [-0.3, -0.25) is 15.0 Å². The summed E-state index contributed by atoms with van der Waals surface area (Å²) in [5.41, 5.74) is 2.66. The molecule has 0 aliphatic rings. The molecule has 41 aromatic rings. The second kappa shape index (κ2) is 22.0. The zero-order valence-electron chi connectivity index (χ0n) is 46.7. The van der Waals surface area contributed by atoms with Crippen LogP contribution in [0.2, 0.25) is 0 Å². The van der Waals surface area contributed by atoms with Crippen LogP contribution < -0.4 is 0 Å². The number of hydrogen-bond acceptors (Lipinski definition) is 3. The molecule has 0 aliphatic heterocycles. The average Bonchev–Trinajstić information content (AvgIpc) is 2.65. The SMILES string of the molecule is Brc1cc2ccc1c1ccccc1c1cc3cc(c1)c1ccccc1c1ccc(cc1Br)c1ccc(cn1)c1ccccc1c1cc(cc(c1)c1ccccc1c1ccc(nc1)c1ccc(c(Br)c1)c1ccccc31)c1ccccc1c1ccc2nc1. The number of halogens is 3. The van der Waals surface area contributed by atoms with Crippen LogP contribution in [-0.2, 0) is 0 Å². The number of benzene rings is 11. The lowest BCUT2D eigenvalue weighted by Crippen LogP contribution is -1.82. The van der Waals surface area contributed by atoms with Crippen molar-refractivity contribution in [1.82, 2.24) is 15.0 Å². The van der Waals surface area contributed by atoms with Crippen LogP contribution in [0.5, 0.6) is 0 Å². The van der Waals surface area contributed by atoms with E-state index in [9.17, 15) is 0 Å². The molecule has 0 amide bonds. The van der Waals surface area contributed by atoms with Crippen molar-refractivity contribution < 1.29 is 0 Å². The molecule has 0 radical (unpaired) electrons. The number of hydrogen-bond donors (Lipinski definition) is 0. The molecule has 0 N–H and O–H groups in total. The van der Waals surface area contributed by atoms with E-state index in [4.69, 9.17) is 15.0 Å². The molecule has 18 bridgehead atoms. The minimum atomic E-state index is 0.885. The quantitative estimate of drug-likeness (QED) is 0.152. The van der Waals surface area contributed by atoms with Gasteiger partial charge in [0.25, 0.3) is 0 Å². The summed E-state index contributed by atoms with van der Waals surface area (Å²) >= 11 is 12.3. The van der Waals surface area contributed by atoms with Crippen molar-refractivity contribution in [2.45, 2.75) is 0 Å². The summed E-state index contributed by atoms with van der Waals surface area (Å²) < 4.78 is 2.94. The van der Waals surface area contributed by atoms with Gasteiger partial charge in [-0.2, -0.15) is 0 Å². The zero-order valence-corrected chi connectivity index (χ0v) is 51.4. The highest BCUT2D eigenvalue weighted by Crippen LogP contribution is 2.38. The highest BCUT2D eigenvalue weighted by molar-refractivity contribution is 9.11. The van der Waals surface area contributed by atoms with E-state index >= 15 is 0 Å². The Morgan fingerprint density at radius 2 is 0.356 bits per heavy atom. The van der Waals surface area contributed by atoms with Gasteiger partial charge in [0.2, 0.25) is 0 Å². The standard InChI is InChI=1S/C81H48Br3N3/c82-76-43-49-25-31-73(76)70-22-10-7-19-67(70)58-40-59-42-60(41-58)69-21-9-12-24-72(69)75-33-27-51(45-78(75)84)81-36-30-54(48-87-81)63-15-3-6-18-66(63)57-38-55(64-16-4-1-13-61(64)52-28-34-79(49)85-46-52)37-56(39-57)65-17-5-2-14-62(65)53-29-35-80(86-47-53)50-26-32-74(77(83)44-50)71-23-11-8-20-68(59)71/h1-48H. The van der Waals surface area contributed by atoms with Gasteiger partial charge in [-0.05, 0) is 186 Å². The van der Waals surface area contributed by atoms with Crippen molar-refractivity contribution >= 4 is 210 Å². The first-order valence-corrected chi connectivity index (χ1v) is 31.4. The van der Waals surface area contributed by atoms with Crippen LogP contribution in [0.4, 0.5) is 0 Å². The molecule has 0 aliphatic carbocycles. The minimum Gasteiger partial charge on any atom is -0.256 e. The lowest BCUT2D eigenvalue weighted by atomic mass is 9.98. The third-order valence-electron chi connectivity index (χ3n) is 17.2. The van der Waals surface area contributed by atoms with Crippen molar-refractivity contribution in [3.8, 4) is 0 Å². The van der Waals surface area contributed by atoms with Crippen LogP contribution in [-0.4, -0.2) is 15.0 Å². The first kappa shape index (κ1) is 52.8. The predicted molar refractivity (Wildman–Crippen MR) is 385 cm³/mol. The Bertz CT molecular complexity index is 5340. The van der Waals surface area contributed by atoms with Gasteiger partial charge in [0.1, 0.15) is 0 Å². The smallest absolute Gasteiger partial charge is 0.0702 e. The molecule has 6 heteroatoms. The highest BCUT2D eigenvalue weighted by atomic mass is 79.9. The van der Waals surface area contributed by atoms with Gasteiger partial charge in [-0.15, -0.1) is 0 Å². The molecule has 3 nitrogen and oxygen atoms in total. The van der Waals surface area contributed by atoms with E-state index in [0.29, 0.717) is 0 Å². The Morgan fingerprint density at radius 1 is 0.161 bits per heavy atom. The predicted octanol–water partition coefficient (Wildman–Crippen LogP) is 24.5. The van der Waals surface area contributed by atoms with Gasteiger partial charge in [-0.25, -0.2) is 0 Å². The normalized spacial score (nSPS) is 11.6. The Balaban J connectivity index is 1.15. The fourth-order valence-corrected chi connectivity index (χ4v) is 14.7. The summed E-state index contributed by atoms with van der Waals surface area (Å²) in [7, 11) is 0. The van der Waals surface area contributed by atoms with Crippen LogP contribution in [0.25, 0.3) is 162 Å². The summed E-state index contributed by atoms with van der Waals surface area (Å²) in [5.74, 6) is 0. The van der Waals surface area contributed by atoms with E-state index in [1.807, 2.05) is 18.6 Å². The molecule has 0 unspecified atom stereocenters. The van der Waals surface area contributed by atoms with Crippen molar-refractivity contribution in [1.29, 1.82) is 0 Å². The second-order valence-electron chi connectivity index (χ2n) is 22.3. The van der Waals surface area contributed by atoms with Crippen LogP contribution >= 0.6 is 47.8 Å². The van der Waals surface area contributed by atoms with E-state index in [0.717, 1.165) is 175 Å². The molecule has 0 atom stereocenters. The third-order valence-corrected chi connectivity index (χ3v) is 19.2.